The Morgan fingerprint density at radius 2 is 2.14 bits per heavy atom. The third kappa shape index (κ3) is 4.33. The zero-order chi connectivity index (χ0) is 15.1. The van der Waals surface area contributed by atoms with E-state index in [1.807, 2.05) is 35.2 Å². The molecule has 0 bridgehead atoms. The van der Waals surface area contributed by atoms with Crippen molar-refractivity contribution in [3.63, 3.8) is 0 Å². The van der Waals surface area contributed by atoms with Gasteiger partial charge >= 0.3 is 0 Å². The minimum absolute atomic E-state index is 0.0870. The fourth-order valence-electron chi connectivity index (χ4n) is 2.76. The number of nitrogens with two attached hydrogens (primary N) is 1. The van der Waals surface area contributed by atoms with Crippen LogP contribution in [0.15, 0.2) is 30.3 Å². The SMILES string of the molecule is COc1ccc(C=CC(=O)N2CCCCC2CCN)cc1. The number of amides is 1. The minimum Gasteiger partial charge on any atom is -0.497 e. The van der Waals surface area contributed by atoms with E-state index in [4.69, 9.17) is 10.5 Å². The topological polar surface area (TPSA) is 55.6 Å². The number of piperidine rings is 1. The summed E-state index contributed by atoms with van der Waals surface area (Å²) in [6.07, 6.45) is 7.76. The fraction of sp³-hybridized carbons (Fsp3) is 0.471. The van der Waals surface area contributed by atoms with Crippen LogP contribution in [0.1, 0.15) is 31.2 Å². The summed E-state index contributed by atoms with van der Waals surface area (Å²) in [6.45, 7) is 1.48. The van der Waals surface area contributed by atoms with Crippen LogP contribution in [0.4, 0.5) is 0 Å². The average Bonchev–Trinajstić information content (AvgIpc) is 2.54. The summed E-state index contributed by atoms with van der Waals surface area (Å²) in [5, 5.41) is 0. The van der Waals surface area contributed by atoms with Gasteiger partial charge in [-0.15, -0.1) is 0 Å². The number of rotatable bonds is 5. The molecule has 1 aromatic rings. The second-order valence-corrected chi connectivity index (χ2v) is 5.37. The Morgan fingerprint density at radius 1 is 1.38 bits per heavy atom. The van der Waals surface area contributed by atoms with Crippen LogP contribution in [-0.4, -0.2) is 37.0 Å². The third-order valence-electron chi connectivity index (χ3n) is 3.94. The summed E-state index contributed by atoms with van der Waals surface area (Å²) in [7, 11) is 1.64. The van der Waals surface area contributed by atoms with Crippen LogP contribution in [-0.2, 0) is 4.79 Å². The van der Waals surface area contributed by atoms with Crippen LogP contribution in [0.25, 0.3) is 6.08 Å². The molecule has 1 unspecified atom stereocenters. The molecule has 0 radical (unpaired) electrons. The van der Waals surface area contributed by atoms with Gasteiger partial charge in [0.05, 0.1) is 7.11 Å². The van der Waals surface area contributed by atoms with Gasteiger partial charge < -0.3 is 15.4 Å². The number of carbonyl (C=O) groups is 1. The van der Waals surface area contributed by atoms with Gasteiger partial charge in [0.15, 0.2) is 0 Å². The Balaban J connectivity index is 1.99. The molecule has 1 atom stereocenters. The van der Waals surface area contributed by atoms with Crippen molar-refractivity contribution in [3.05, 3.63) is 35.9 Å². The standard InChI is InChI=1S/C17H24N2O2/c1-21-16-8-5-14(6-9-16)7-10-17(20)19-13-3-2-4-15(19)11-12-18/h5-10,15H,2-4,11-13,18H2,1H3. The molecule has 1 saturated heterocycles. The van der Waals surface area contributed by atoms with Crippen LogP contribution in [0.2, 0.25) is 0 Å². The fourth-order valence-corrected chi connectivity index (χ4v) is 2.76. The van der Waals surface area contributed by atoms with E-state index in [1.165, 1.54) is 6.42 Å². The summed E-state index contributed by atoms with van der Waals surface area (Å²) in [5.41, 5.74) is 6.64. The molecular formula is C17H24N2O2. The number of hydrogen-bond acceptors (Lipinski definition) is 3. The first kappa shape index (κ1) is 15.6. The van der Waals surface area contributed by atoms with E-state index in [-0.39, 0.29) is 5.91 Å². The van der Waals surface area contributed by atoms with Crippen LogP contribution in [0.3, 0.4) is 0 Å². The van der Waals surface area contributed by atoms with E-state index in [2.05, 4.69) is 0 Å². The molecule has 2 N–H and O–H groups in total. The molecular weight excluding hydrogens is 264 g/mol. The highest BCUT2D eigenvalue weighted by atomic mass is 16.5. The number of nitrogens with zero attached hydrogens (tertiary/aromatic N) is 1. The lowest BCUT2D eigenvalue weighted by Crippen LogP contribution is -2.43. The molecule has 0 aromatic heterocycles. The van der Waals surface area contributed by atoms with Gasteiger partial charge in [0.1, 0.15) is 5.75 Å². The van der Waals surface area contributed by atoms with Gasteiger partial charge in [-0.25, -0.2) is 0 Å². The second kappa shape index (κ2) is 7.84. The van der Waals surface area contributed by atoms with Crippen molar-refractivity contribution in [1.82, 2.24) is 4.90 Å². The summed E-state index contributed by atoms with van der Waals surface area (Å²) in [5.74, 6) is 0.904. The normalized spacial score (nSPS) is 19.0. The largest absolute Gasteiger partial charge is 0.497 e. The maximum absolute atomic E-state index is 12.4. The van der Waals surface area contributed by atoms with Crippen molar-refractivity contribution < 1.29 is 9.53 Å². The van der Waals surface area contributed by atoms with Crippen molar-refractivity contribution in [2.45, 2.75) is 31.7 Å². The first-order valence-corrected chi connectivity index (χ1v) is 7.57. The van der Waals surface area contributed by atoms with Gasteiger partial charge in [-0.3, -0.25) is 4.79 Å². The van der Waals surface area contributed by atoms with Gasteiger partial charge in [-0.05, 0) is 56.0 Å². The Hall–Kier alpha value is -1.81. The lowest BCUT2D eigenvalue weighted by Gasteiger charge is -2.35. The summed E-state index contributed by atoms with van der Waals surface area (Å²) in [4.78, 5) is 14.3. The Bertz CT molecular complexity index is 480. The van der Waals surface area contributed by atoms with Crippen molar-refractivity contribution in [2.75, 3.05) is 20.2 Å². The quantitative estimate of drug-likeness (QED) is 0.847. The summed E-state index contributed by atoms with van der Waals surface area (Å²) in [6, 6.07) is 7.97. The highest BCUT2D eigenvalue weighted by Gasteiger charge is 2.24. The van der Waals surface area contributed by atoms with E-state index in [9.17, 15) is 4.79 Å². The molecule has 21 heavy (non-hydrogen) atoms. The molecule has 1 heterocycles. The Labute approximate surface area is 126 Å². The van der Waals surface area contributed by atoms with E-state index < -0.39 is 0 Å². The number of methoxy groups -OCH3 is 1. The number of carbonyl (C=O) groups excluding carboxylic acids is 1. The zero-order valence-corrected chi connectivity index (χ0v) is 12.6. The first-order valence-electron chi connectivity index (χ1n) is 7.57. The summed E-state index contributed by atoms with van der Waals surface area (Å²) < 4.78 is 5.12. The monoisotopic (exact) mass is 288 g/mol. The number of benzene rings is 1. The first-order chi connectivity index (χ1) is 10.2. The molecule has 1 amide bonds. The smallest absolute Gasteiger partial charge is 0.246 e. The van der Waals surface area contributed by atoms with Gasteiger partial charge in [0, 0.05) is 18.7 Å². The highest BCUT2D eigenvalue weighted by molar-refractivity contribution is 5.92. The van der Waals surface area contributed by atoms with Crippen LogP contribution < -0.4 is 10.5 Å². The molecule has 0 saturated carbocycles. The zero-order valence-electron chi connectivity index (χ0n) is 12.6. The van der Waals surface area contributed by atoms with Crippen molar-refractivity contribution in [3.8, 4) is 5.75 Å². The maximum atomic E-state index is 12.4. The Morgan fingerprint density at radius 3 is 2.81 bits per heavy atom. The average molecular weight is 288 g/mol. The molecule has 114 valence electrons. The van der Waals surface area contributed by atoms with E-state index in [0.717, 1.165) is 37.1 Å². The van der Waals surface area contributed by atoms with E-state index in [1.54, 1.807) is 13.2 Å². The lowest BCUT2D eigenvalue weighted by atomic mass is 9.99. The number of hydrogen-bond donors (Lipinski definition) is 1. The van der Waals surface area contributed by atoms with Gasteiger partial charge in [-0.2, -0.15) is 0 Å². The van der Waals surface area contributed by atoms with Crippen molar-refractivity contribution in [1.29, 1.82) is 0 Å². The molecule has 4 heteroatoms. The summed E-state index contributed by atoms with van der Waals surface area (Å²) >= 11 is 0. The van der Waals surface area contributed by atoms with Crippen LogP contribution in [0.5, 0.6) is 5.75 Å². The van der Waals surface area contributed by atoms with Crippen molar-refractivity contribution in [2.24, 2.45) is 5.73 Å². The maximum Gasteiger partial charge on any atom is 0.246 e. The molecule has 4 nitrogen and oxygen atoms in total. The molecule has 1 aromatic carbocycles. The van der Waals surface area contributed by atoms with Gasteiger partial charge in [-0.1, -0.05) is 12.1 Å². The second-order valence-electron chi connectivity index (χ2n) is 5.37. The molecule has 2 rings (SSSR count). The molecule has 1 aliphatic heterocycles. The van der Waals surface area contributed by atoms with Crippen LogP contribution >= 0.6 is 0 Å². The Kier molecular flexibility index (Phi) is 5.81. The van der Waals surface area contributed by atoms with Gasteiger partial charge in [0.2, 0.25) is 5.91 Å². The predicted octanol–water partition coefficient (Wildman–Crippen LogP) is 2.44. The van der Waals surface area contributed by atoms with Gasteiger partial charge in [0.25, 0.3) is 0 Å². The highest BCUT2D eigenvalue weighted by Crippen LogP contribution is 2.20. The molecule has 0 aliphatic carbocycles. The lowest BCUT2D eigenvalue weighted by molar-refractivity contribution is -0.129. The molecule has 0 spiro atoms. The van der Waals surface area contributed by atoms with Crippen LogP contribution in [0, 0.1) is 0 Å². The number of likely N-dealkylation sites (tertiary alicyclic amines) is 1. The van der Waals surface area contributed by atoms with E-state index >= 15 is 0 Å². The number of ether oxygens (including phenoxy) is 1. The minimum atomic E-state index is 0.0870. The van der Waals surface area contributed by atoms with Crippen molar-refractivity contribution >= 4 is 12.0 Å². The predicted molar refractivity (Wildman–Crippen MR) is 85.1 cm³/mol. The molecule has 1 fully saturated rings. The molecule has 1 aliphatic rings. The third-order valence-corrected chi connectivity index (χ3v) is 3.94. The van der Waals surface area contributed by atoms with E-state index in [0.29, 0.717) is 12.6 Å².